The van der Waals surface area contributed by atoms with Crippen molar-refractivity contribution in [3.8, 4) is 0 Å². The van der Waals surface area contributed by atoms with Gasteiger partial charge in [0.25, 0.3) is 0 Å². The maximum Gasteiger partial charge on any atom is 0.221 e. The van der Waals surface area contributed by atoms with E-state index in [0.29, 0.717) is 23.0 Å². The Morgan fingerprint density at radius 1 is 1.50 bits per heavy atom. The van der Waals surface area contributed by atoms with E-state index in [2.05, 4.69) is 15.3 Å². The molecule has 0 spiro atoms. The van der Waals surface area contributed by atoms with Crippen molar-refractivity contribution in [1.29, 1.82) is 0 Å². The van der Waals surface area contributed by atoms with E-state index in [4.69, 9.17) is 5.73 Å². The second-order valence-electron chi connectivity index (χ2n) is 3.57. The Labute approximate surface area is 99.2 Å². The Morgan fingerprint density at radius 3 is 2.81 bits per heavy atom. The number of rotatable bonds is 5. The molecule has 0 aliphatic rings. The number of aromatic nitrogens is 2. The first-order valence-electron chi connectivity index (χ1n) is 5.08. The molecule has 0 fully saturated rings. The summed E-state index contributed by atoms with van der Waals surface area (Å²) in [4.78, 5) is 19.3. The highest BCUT2D eigenvalue weighted by atomic mass is 32.2. The lowest BCUT2D eigenvalue weighted by atomic mass is 10.3. The third kappa shape index (κ3) is 4.48. The first kappa shape index (κ1) is 12.8. The second kappa shape index (κ2) is 6.32. The Balaban J connectivity index is 2.31. The molecule has 1 aromatic rings. The van der Waals surface area contributed by atoms with Gasteiger partial charge in [-0.1, -0.05) is 0 Å². The van der Waals surface area contributed by atoms with E-state index in [0.717, 1.165) is 0 Å². The third-order valence-electron chi connectivity index (χ3n) is 1.71. The summed E-state index contributed by atoms with van der Waals surface area (Å²) >= 11 is 1.44. The van der Waals surface area contributed by atoms with Crippen LogP contribution in [0.1, 0.15) is 20.3 Å². The van der Waals surface area contributed by atoms with Gasteiger partial charge in [0, 0.05) is 30.6 Å². The molecule has 1 heterocycles. The van der Waals surface area contributed by atoms with Crippen molar-refractivity contribution in [1.82, 2.24) is 15.3 Å². The molecule has 1 amide bonds. The summed E-state index contributed by atoms with van der Waals surface area (Å²) in [5.74, 6) is 1.11. The van der Waals surface area contributed by atoms with Crippen molar-refractivity contribution in [2.24, 2.45) is 0 Å². The molecule has 6 heteroatoms. The van der Waals surface area contributed by atoms with Crippen molar-refractivity contribution in [3.05, 3.63) is 12.4 Å². The highest BCUT2D eigenvalue weighted by Crippen LogP contribution is 2.20. The van der Waals surface area contributed by atoms with E-state index in [1.165, 1.54) is 11.8 Å². The Kier molecular flexibility index (Phi) is 5.04. The van der Waals surface area contributed by atoms with Gasteiger partial charge in [0.1, 0.15) is 5.03 Å². The number of thioether (sulfide) groups is 1. The molecular weight excluding hydrogens is 224 g/mol. The summed E-state index contributed by atoms with van der Waals surface area (Å²) in [6.45, 7) is 3.87. The summed E-state index contributed by atoms with van der Waals surface area (Å²) in [5, 5.41) is 3.50. The predicted octanol–water partition coefficient (Wildman–Crippen LogP) is 1.07. The van der Waals surface area contributed by atoms with Crippen LogP contribution in [0, 0.1) is 0 Å². The van der Waals surface area contributed by atoms with Gasteiger partial charge in [0.05, 0.1) is 0 Å². The van der Waals surface area contributed by atoms with Crippen molar-refractivity contribution >= 4 is 23.5 Å². The summed E-state index contributed by atoms with van der Waals surface area (Å²) < 4.78 is 0. The number of nitrogens with one attached hydrogen (secondary N) is 1. The summed E-state index contributed by atoms with van der Waals surface area (Å²) in [5.41, 5.74) is 5.62. The van der Waals surface area contributed by atoms with Crippen LogP contribution in [0.25, 0.3) is 0 Å². The summed E-state index contributed by atoms with van der Waals surface area (Å²) in [6, 6.07) is 0.180. The number of hydrogen-bond donors (Lipinski definition) is 2. The second-order valence-corrected chi connectivity index (χ2v) is 4.65. The lowest BCUT2D eigenvalue weighted by Gasteiger charge is -2.07. The minimum atomic E-state index is 0.0463. The molecule has 1 rings (SSSR count). The zero-order valence-electron chi connectivity index (χ0n) is 9.43. The molecule has 1 aromatic heterocycles. The van der Waals surface area contributed by atoms with Crippen LogP contribution < -0.4 is 11.1 Å². The van der Waals surface area contributed by atoms with Gasteiger partial charge in [-0.25, -0.2) is 9.97 Å². The largest absolute Gasteiger partial charge is 0.381 e. The van der Waals surface area contributed by atoms with Gasteiger partial charge in [0.2, 0.25) is 5.91 Å². The zero-order chi connectivity index (χ0) is 12.0. The van der Waals surface area contributed by atoms with Crippen molar-refractivity contribution < 1.29 is 4.79 Å². The van der Waals surface area contributed by atoms with Crippen LogP contribution in [0.4, 0.5) is 5.82 Å². The average molecular weight is 240 g/mol. The maximum absolute atomic E-state index is 11.3. The van der Waals surface area contributed by atoms with Crippen molar-refractivity contribution in [2.45, 2.75) is 31.3 Å². The van der Waals surface area contributed by atoms with Crippen molar-refractivity contribution in [2.75, 3.05) is 11.5 Å². The quantitative estimate of drug-likeness (QED) is 0.752. The van der Waals surface area contributed by atoms with Gasteiger partial charge in [0.15, 0.2) is 5.82 Å². The lowest BCUT2D eigenvalue weighted by molar-refractivity contribution is -0.121. The van der Waals surface area contributed by atoms with Gasteiger partial charge in [-0.3, -0.25) is 4.79 Å². The molecular formula is C10H16N4OS. The first-order chi connectivity index (χ1) is 7.59. The van der Waals surface area contributed by atoms with Gasteiger partial charge >= 0.3 is 0 Å². The van der Waals surface area contributed by atoms with Gasteiger partial charge in [-0.2, -0.15) is 0 Å². The molecule has 0 saturated heterocycles. The van der Waals surface area contributed by atoms with Gasteiger partial charge in [-0.15, -0.1) is 11.8 Å². The SMILES string of the molecule is CC(C)NC(=O)CCSc1nccnc1N. The number of hydrogen-bond acceptors (Lipinski definition) is 5. The number of anilines is 1. The zero-order valence-corrected chi connectivity index (χ0v) is 10.3. The predicted molar refractivity (Wildman–Crippen MR) is 65.1 cm³/mol. The average Bonchev–Trinajstić information content (AvgIpc) is 2.19. The minimum absolute atomic E-state index is 0.0463. The van der Waals surface area contributed by atoms with Crippen LogP contribution in [0.2, 0.25) is 0 Å². The number of nitrogens with zero attached hydrogens (tertiary/aromatic N) is 2. The number of carbonyl (C=O) groups excluding carboxylic acids is 1. The first-order valence-corrected chi connectivity index (χ1v) is 6.07. The van der Waals surface area contributed by atoms with Gasteiger partial charge < -0.3 is 11.1 Å². The molecule has 3 N–H and O–H groups in total. The van der Waals surface area contributed by atoms with Crippen LogP contribution in [-0.2, 0) is 4.79 Å². The van der Waals surface area contributed by atoms with E-state index in [1.54, 1.807) is 12.4 Å². The number of carbonyl (C=O) groups is 1. The standard InChI is InChI=1S/C10H16N4OS/c1-7(2)14-8(15)3-6-16-10-9(11)12-4-5-13-10/h4-5,7H,3,6H2,1-2H3,(H2,11,12)(H,14,15). The fraction of sp³-hybridized carbons (Fsp3) is 0.500. The summed E-state index contributed by atoms with van der Waals surface area (Å²) in [6.07, 6.45) is 3.59. The molecule has 16 heavy (non-hydrogen) atoms. The number of amides is 1. The van der Waals surface area contributed by atoms with Crippen LogP contribution in [0.5, 0.6) is 0 Å². The number of nitrogen functional groups attached to an aromatic ring is 1. The topological polar surface area (TPSA) is 80.9 Å². The Bertz CT molecular complexity index is 356. The molecule has 0 unspecified atom stereocenters. The lowest BCUT2D eigenvalue weighted by Crippen LogP contribution is -2.30. The van der Waals surface area contributed by atoms with E-state index >= 15 is 0 Å². The van der Waals surface area contributed by atoms with E-state index in [9.17, 15) is 4.79 Å². The highest BCUT2D eigenvalue weighted by Gasteiger charge is 2.05. The van der Waals surface area contributed by atoms with E-state index in [1.807, 2.05) is 13.8 Å². The molecule has 0 aliphatic carbocycles. The Morgan fingerprint density at radius 2 is 2.19 bits per heavy atom. The maximum atomic E-state index is 11.3. The van der Waals surface area contributed by atoms with E-state index < -0.39 is 0 Å². The molecule has 0 aliphatic heterocycles. The van der Waals surface area contributed by atoms with Gasteiger partial charge in [-0.05, 0) is 13.8 Å². The molecule has 0 radical (unpaired) electrons. The fourth-order valence-corrected chi connectivity index (χ4v) is 1.90. The third-order valence-corrected chi connectivity index (χ3v) is 2.70. The highest BCUT2D eigenvalue weighted by molar-refractivity contribution is 7.99. The molecule has 88 valence electrons. The fourth-order valence-electron chi connectivity index (χ4n) is 1.08. The van der Waals surface area contributed by atoms with Crippen molar-refractivity contribution in [3.63, 3.8) is 0 Å². The summed E-state index contributed by atoms with van der Waals surface area (Å²) in [7, 11) is 0. The molecule has 5 nitrogen and oxygen atoms in total. The van der Waals surface area contributed by atoms with Crippen LogP contribution in [0.3, 0.4) is 0 Å². The molecule has 0 saturated carbocycles. The molecule has 0 bridgehead atoms. The number of nitrogens with two attached hydrogens (primary N) is 1. The van der Waals surface area contributed by atoms with Crippen LogP contribution >= 0.6 is 11.8 Å². The van der Waals surface area contributed by atoms with E-state index in [-0.39, 0.29) is 11.9 Å². The normalized spacial score (nSPS) is 10.4. The Hall–Kier alpha value is -1.30. The molecule has 0 aromatic carbocycles. The molecule has 0 atom stereocenters. The van der Waals surface area contributed by atoms with Crippen LogP contribution in [-0.4, -0.2) is 27.7 Å². The monoisotopic (exact) mass is 240 g/mol. The smallest absolute Gasteiger partial charge is 0.221 e. The van der Waals surface area contributed by atoms with Crippen LogP contribution in [0.15, 0.2) is 17.4 Å². The minimum Gasteiger partial charge on any atom is -0.381 e.